The molecule has 1 heterocycles. The van der Waals surface area contributed by atoms with E-state index in [9.17, 15) is 8.42 Å². The molecule has 0 atom stereocenters. The van der Waals surface area contributed by atoms with E-state index >= 15 is 0 Å². The van der Waals surface area contributed by atoms with Gasteiger partial charge in [-0.15, -0.1) is 12.4 Å². The fourth-order valence-corrected chi connectivity index (χ4v) is 2.21. The molecule has 1 aliphatic rings. The summed E-state index contributed by atoms with van der Waals surface area (Å²) in [6.07, 6.45) is 0.703. The summed E-state index contributed by atoms with van der Waals surface area (Å²) in [5, 5.41) is 4.30. The maximum Gasteiger partial charge on any atom is 0.171 e. The molecule has 15 heavy (non-hydrogen) atoms. The SMILES string of the molecule is C=CS(=O)(=O)CCCN1CCNCC1.Cl. The monoisotopic (exact) mass is 254 g/mol. The average molecular weight is 255 g/mol. The van der Waals surface area contributed by atoms with Crippen molar-refractivity contribution >= 4 is 22.2 Å². The van der Waals surface area contributed by atoms with E-state index in [1.165, 1.54) is 0 Å². The third-order valence-corrected chi connectivity index (χ3v) is 3.73. The molecule has 1 saturated heterocycles. The highest BCUT2D eigenvalue weighted by Crippen LogP contribution is 1.98. The van der Waals surface area contributed by atoms with Crippen LogP contribution in [0, 0.1) is 0 Å². The fourth-order valence-electron chi connectivity index (χ4n) is 1.51. The van der Waals surface area contributed by atoms with Crippen LogP contribution in [-0.4, -0.2) is 51.8 Å². The molecule has 0 bridgehead atoms. The Morgan fingerprint density at radius 3 is 2.47 bits per heavy atom. The van der Waals surface area contributed by atoms with Gasteiger partial charge in [0.2, 0.25) is 0 Å². The second-order valence-corrected chi connectivity index (χ2v) is 5.55. The predicted octanol–water partition coefficient (Wildman–Crippen LogP) is 0.262. The second-order valence-electron chi connectivity index (χ2n) is 3.48. The van der Waals surface area contributed by atoms with Crippen LogP contribution in [0.15, 0.2) is 12.0 Å². The third-order valence-electron chi connectivity index (χ3n) is 2.37. The Balaban J connectivity index is 0.00000196. The molecule has 0 aromatic rings. The lowest BCUT2D eigenvalue weighted by atomic mass is 10.3. The first-order valence-electron chi connectivity index (χ1n) is 4.92. The normalized spacial score (nSPS) is 18.1. The van der Waals surface area contributed by atoms with Crippen LogP contribution in [0.4, 0.5) is 0 Å². The summed E-state index contributed by atoms with van der Waals surface area (Å²) in [7, 11) is -3.00. The van der Waals surface area contributed by atoms with Crippen molar-refractivity contribution < 1.29 is 8.42 Å². The zero-order valence-corrected chi connectivity index (χ0v) is 10.4. The van der Waals surface area contributed by atoms with Gasteiger partial charge in [-0.25, -0.2) is 8.42 Å². The predicted molar refractivity (Wildman–Crippen MR) is 65.2 cm³/mol. The van der Waals surface area contributed by atoms with Gasteiger partial charge < -0.3 is 10.2 Å². The van der Waals surface area contributed by atoms with Crippen molar-refractivity contribution in [3.8, 4) is 0 Å². The van der Waals surface area contributed by atoms with Gasteiger partial charge in [0.25, 0.3) is 0 Å². The molecule has 1 aliphatic heterocycles. The van der Waals surface area contributed by atoms with Crippen molar-refractivity contribution in [3.63, 3.8) is 0 Å². The Hall–Kier alpha value is -0.100. The lowest BCUT2D eigenvalue weighted by Crippen LogP contribution is -2.44. The molecule has 0 unspecified atom stereocenters. The first-order chi connectivity index (χ1) is 6.64. The summed E-state index contributed by atoms with van der Waals surface area (Å²) in [4.78, 5) is 2.29. The number of piperazine rings is 1. The van der Waals surface area contributed by atoms with E-state index < -0.39 is 9.84 Å². The van der Waals surface area contributed by atoms with Crippen LogP contribution in [0.1, 0.15) is 6.42 Å². The van der Waals surface area contributed by atoms with Crippen LogP contribution in [0.25, 0.3) is 0 Å². The molecule has 6 heteroatoms. The number of hydrogen-bond donors (Lipinski definition) is 1. The summed E-state index contributed by atoms with van der Waals surface area (Å²) >= 11 is 0. The van der Waals surface area contributed by atoms with Gasteiger partial charge in [-0.05, 0) is 13.0 Å². The maximum atomic E-state index is 11.1. The van der Waals surface area contributed by atoms with Gasteiger partial charge in [0.05, 0.1) is 5.75 Å². The largest absolute Gasteiger partial charge is 0.314 e. The minimum atomic E-state index is -3.00. The standard InChI is InChI=1S/C9H18N2O2S.ClH/c1-2-14(12,13)9-3-6-11-7-4-10-5-8-11;/h2,10H,1,3-9H2;1H. The Bertz CT molecular complexity index is 274. The minimum Gasteiger partial charge on any atom is -0.314 e. The number of rotatable bonds is 5. The smallest absolute Gasteiger partial charge is 0.171 e. The number of sulfone groups is 1. The second kappa shape index (κ2) is 7.22. The van der Waals surface area contributed by atoms with Crippen LogP contribution in [0.5, 0.6) is 0 Å². The van der Waals surface area contributed by atoms with Gasteiger partial charge in [-0.2, -0.15) is 0 Å². The summed E-state index contributed by atoms with van der Waals surface area (Å²) in [5.41, 5.74) is 0. The topological polar surface area (TPSA) is 49.4 Å². The van der Waals surface area contributed by atoms with Crippen molar-refractivity contribution in [2.45, 2.75) is 6.42 Å². The van der Waals surface area contributed by atoms with Crippen LogP contribution in [-0.2, 0) is 9.84 Å². The van der Waals surface area contributed by atoms with Crippen molar-refractivity contribution in [1.82, 2.24) is 10.2 Å². The summed E-state index contributed by atoms with van der Waals surface area (Å²) < 4.78 is 22.2. The van der Waals surface area contributed by atoms with E-state index in [0.717, 1.165) is 38.1 Å². The first-order valence-corrected chi connectivity index (χ1v) is 6.64. The quantitative estimate of drug-likeness (QED) is 0.765. The van der Waals surface area contributed by atoms with Crippen molar-refractivity contribution in [1.29, 1.82) is 0 Å². The molecule has 1 fully saturated rings. The average Bonchev–Trinajstić information content (AvgIpc) is 2.19. The fraction of sp³-hybridized carbons (Fsp3) is 0.778. The summed E-state index contributed by atoms with van der Waals surface area (Å²) in [5.74, 6) is 0.223. The van der Waals surface area contributed by atoms with Gasteiger partial charge in [-0.3, -0.25) is 0 Å². The molecule has 1 N–H and O–H groups in total. The van der Waals surface area contributed by atoms with Gasteiger partial charge in [0.15, 0.2) is 9.84 Å². The molecule has 0 spiro atoms. The summed E-state index contributed by atoms with van der Waals surface area (Å²) in [6, 6.07) is 0. The molecule has 0 aromatic heterocycles. The molecule has 0 saturated carbocycles. The van der Waals surface area contributed by atoms with Crippen LogP contribution >= 0.6 is 12.4 Å². The van der Waals surface area contributed by atoms with E-state index in [2.05, 4.69) is 16.8 Å². The van der Waals surface area contributed by atoms with E-state index in [4.69, 9.17) is 0 Å². The molecular weight excluding hydrogens is 236 g/mol. The Labute approximate surface area is 98.1 Å². The Morgan fingerprint density at radius 1 is 1.33 bits per heavy atom. The van der Waals surface area contributed by atoms with Crippen LogP contribution in [0.3, 0.4) is 0 Å². The maximum absolute atomic E-state index is 11.1. The zero-order valence-electron chi connectivity index (χ0n) is 8.81. The van der Waals surface area contributed by atoms with Crippen molar-refractivity contribution in [3.05, 3.63) is 12.0 Å². The lowest BCUT2D eigenvalue weighted by Gasteiger charge is -2.26. The van der Waals surface area contributed by atoms with E-state index in [1.54, 1.807) is 0 Å². The zero-order chi connectivity index (χ0) is 10.4. The highest BCUT2D eigenvalue weighted by molar-refractivity contribution is 7.94. The van der Waals surface area contributed by atoms with Crippen LogP contribution in [0.2, 0.25) is 0 Å². The highest BCUT2D eigenvalue weighted by atomic mass is 35.5. The number of nitrogens with one attached hydrogen (secondary N) is 1. The number of halogens is 1. The third kappa shape index (κ3) is 6.14. The van der Waals surface area contributed by atoms with Crippen molar-refractivity contribution in [2.75, 3.05) is 38.5 Å². The lowest BCUT2D eigenvalue weighted by molar-refractivity contribution is 0.242. The molecule has 4 nitrogen and oxygen atoms in total. The number of hydrogen-bond acceptors (Lipinski definition) is 4. The molecule has 0 amide bonds. The van der Waals surface area contributed by atoms with E-state index in [1.807, 2.05) is 0 Å². The molecule has 0 radical (unpaired) electrons. The molecule has 90 valence electrons. The van der Waals surface area contributed by atoms with E-state index in [0.29, 0.717) is 6.42 Å². The molecule has 0 aromatic carbocycles. The van der Waals surface area contributed by atoms with Gasteiger partial charge >= 0.3 is 0 Å². The van der Waals surface area contributed by atoms with Gasteiger partial charge in [-0.1, -0.05) is 6.58 Å². The minimum absolute atomic E-state index is 0. The Morgan fingerprint density at radius 2 is 1.93 bits per heavy atom. The van der Waals surface area contributed by atoms with Gasteiger partial charge in [0.1, 0.15) is 0 Å². The summed E-state index contributed by atoms with van der Waals surface area (Å²) in [6.45, 7) is 8.22. The molecule has 0 aliphatic carbocycles. The first kappa shape index (κ1) is 14.9. The molecular formula is C9H19ClN2O2S. The number of nitrogens with zero attached hydrogens (tertiary/aromatic N) is 1. The van der Waals surface area contributed by atoms with Gasteiger partial charge in [0, 0.05) is 31.6 Å². The van der Waals surface area contributed by atoms with E-state index in [-0.39, 0.29) is 18.2 Å². The highest BCUT2D eigenvalue weighted by Gasteiger charge is 2.10. The van der Waals surface area contributed by atoms with Crippen molar-refractivity contribution in [2.24, 2.45) is 0 Å². The molecule has 1 rings (SSSR count). The Kier molecular flexibility index (Phi) is 7.17. The van der Waals surface area contributed by atoms with Crippen LogP contribution < -0.4 is 5.32 Å².